The van der Waals surface area contributed by atoms with E-state index in [2.05, 4.69) is 31.0 Å². The summed E-state index contributed by atoms with van der Waals surface area (Å²) >= 11 is 0. The van der Waals surface area contributed by atoms with Gasteiger partial charge in [-0.3, -0.25) is 4.98 Å². The van der Waals surface area contributed by atoms with E-state index in [1.807, 2.05) is 12.4 Å². The number of hydrogen-bond acceptors (Lipinski definition) is 3. The van der Waals surface area contributed by atoms with Crippen LogP contribution in [0.1, 0.15) is 64.4 Å². The fourth-order valence-corrected chi connectivity index (χ4v) is 7.71. The maximum Gasteiger partial charge on any atom is 0.137 e. The molecule has 0 amide bonds. The minimum absolute atomic E-state index is 0.291. The summed E-state index contributed by atoms with van der Waals surface area (Å²) in [6.45, 7) is 7.10. The van der Waals surface area contributed by atoms with Crippen molar-refractivity contribution in [2.45, 2.75) is 58.8 Å². The van der Waals surface area contributed by atoms with Gasteiger partial charge in [0.1, 0.15) is 5.75 Å². The van der Waals surface area contributed by atoms with E-state index < -0.39 is 0 Å². The molecule has 1 aromatic rings. The monoisotopic (exact) mass is 381 g/mol. The van der Waals surface area contributed by atoms with Crippen molar-refractivity contribution >= 4 is 5.57 Å². The normalized spacial score (nSPS) is 42.6. The van der Waals surface area contributed by atoms with Crippen LogP contribution >= 0.6 is 0 Å². The lowest BCUT2D eigenvalue weighted by Gasteiger charge is -2.58. The minimum Gasteiger partial charge on any atom is -0.495 e. The van der Waals surface area contributed by atoms with Crippen molar-refractivity contribution in [2.24, 2.45) is 34.5 Å². The Bertz CT molecular complexity index is 774. The number of nitrogens with zero attached hydrogens (tertiary/aromatic N) is 1. The second-order valence-corrected chi connectivity index (χ2v) is 10.2. The van der Waals surface area contributed by atoms with Crippen molar-refractivity contribution in [1.29, 1.82) is 0 Å². The quantitative estimate of drug-likeness (QED) is 0.653. The predicted octanol–water partition coefficient (Wildman–Crippen LogP) is 5.75. The molecule has 152 valence electrons. The van der Waals surface area contributed by atoms with Gasteiger partial charge in [0.05, 0.1) is 13.3 Å². The van der Waals surface area contributed by atoms with Crippen LogP contribution in [0.5, 0.6) is 5.75 Å². The Morgan fingerprint density at radius 1 is 1.04 bits per heavy atom. The van der Waals surface area contributed by atoms with E-state index in [1.54, 1.807) is 7.11 Å². The van der Waals surface area contributed by atoms with Crippen LogP contribution in [0.3, 0.4) is 0 Å². The van der Waals surface area contributed by atoms with Crippen molar-refractivity contribution in [1.82, 2.24) is 4.98 Å². The van der Waals surface area contributed by atoms with Crippen LogP contribution in [0, 0.1) is 34.5 Å². The van der Waals surface area contributed by atoms with Crippen molar-refractivity contribution in [3.05, 3.63) is 30.1 Å². The molecule has 1 saturated heterocycles. The van der Waals surface area contributed by atoms with Gasteiger partial charge in [0.15, 0.2) is 0 Å². The molecule has 1 aromatic heterocycles. The number of allylic oxidation sites excluding steroid dienone is 2. The molecule has 3 fully saturated rings. The van der Waals surface area contributed by atoms with Gasteiger partial charge in [0.2, 0.25) is 0 Å². The van der Waals surface area contributed by atoms with Gasteiger partial charge in [-0.05, 0) is 96.7 Å². The molecule has 28 heavy (non-hydrogen) atoms. The Hall–Kier alpha value is -1.35. The molecule has 4 aliphatic rings. The zero-order valence-corrected chi connectivity index (χ0v) is 17.7. The van der Waals surface area contributed by atoms with E-state index in [4.69, 9.17) is 9.47 Å². The lowest BCUT2D eigenvalue weighted by Crippen LogP contribution is -2.51. The molecule has 3 nitrogen and oxygen atoms in total. The number of methoxy groups -OCH3 is 1. The van der Waals surface area contributed by atoms with E-state index in [0.29, 0.717) is 10.8 Å². The Morgan fingerprint density at radius 2 is 1.93 bits per heavy atom. The van der Waals surface area contributed by atoms with Crippen LogP contribution in [0.25, 0.3) is 5.57 Å². The summed E-state index contributed by atoms with van der Waals surface area (Å²) in [6, 6.07) is 2.18. The first-order valence-electron chi connectivity index (χ1n) is 11.3. The number of pyridine rings is 1. The molecule has 0 spiro atoms. The van der Waals surface area contributed by atoms with E-state index in [1.165, 1.54) is 56.1 Å². The molecule has 0 radical (unpaired) electrons. The largest absolute Gasteiger partial charge is 0.495 e. The number of ether oxygens (including phenoxy) is 2. The maximum absolute atomic E-state index is 5.91. The van der Waals surface area contributed by atoms with E-state index >= 15 is 0 Å². The molecule has 3 aliphatic carbocycles. The minimum atomic E-state index is 0.291. The van der Waals surface area contributed by atoms with Crippen LogP contribution in [-0.4, -0.2) is 25.3 Å². The topological polar surface area (TPSA) is 31.4 Å². The third-order valence-electron chi connectivity index (χ3n) is 9.30. The Kier molecular flexibility index (Phi) is 4.58. The molecule has 2 saturated carbocycles. The third kappa shape index (κ3) is 2.69. The fourth-order valence-electron chi connectivity index (χ4n) is 7.71. The Labute approximate surface area is 169 Å². The lowest BCUT2D eigenvalue weighted by atomic mass is 9.46. The standard InChI is InChI=1S/C25H35NO2/c1-24-11-13-28-12-9-18(24)4-5-20-22-7-6-21(25(22,2)10-8-23(20)24)17-14-19(27-3)16-26-15-17/h6,14-16,18,20,22-23H,4-5,7-13H2,1-3H3/t18-,20-,22-,23-,24-,25+/m0/s1. The summed E-state index contributed by atoms with van der Waals surface area (Å²) in [5.74, 6) is 4.27. The van der Waals surface area contributed by atoms with Crippen LogP contribution in [0.4, 0.5) is 0 Å². The van der Waals surface area contributed by atoms with E-state index in [9.17, 15) is 0 Å². The van der Waals surface area contributed by atoms with Gasteiger partial charge < -0.3 is 9.47 Å². The summed E-state index contributed by atoms with van der Waals surface area (Å²) in [5, 5.41) is 0. The number of rotatable bonds is 2. The van der Waals surface area contributed by atoms with Crippen LogP contribution in [-0.2, 0) is 4.74 Å². The maximum atomic E-state index is 5.91. The zero-order chi connectivity index (χ0) is 19.4. The molecule has 2 heterocycles. The van der Waals surface area contributed by atoms with Crippen molar-refractivity contribution < 1.29 is 9.47 Å². The molecule has 0 unspecified atom stereocenters. The first kappa shape index (κ1) is 18.7. The van der Waals surface area contributed by atoms with Gasteiger partial charge in [-0.25, -0.2) is 0 Å². The zero-order valence-electron chi connectivity index (χ0n) is 17.7. The predicted molar refractivity (Wildman–Crippen MR) is 112 cm³/mol. The highest BCUT2D eigenvalue weighted by Crippen LogP contribution is 2.66. The Morgan fingerprint density at radius 3 is 2.79 bits per heavy atom. The molecule has 3 heteroatoms. The lowest BCUT2D eigenvalue weighted by molar-refractivity contribution is -0.0798. The molecule has 6 atom stereocenters. The molecule has 0 bridgehead atoms. The number of aromatic nitrogens is 1. The highest BCUT2D eigenvalue weighted by Gasteiger charge is 2.57. The van der Waals surface area contributed by atoms with Crippen LogP contribution < -0.4 is 4.74 Å². The van der Waals surface area contributed by atoms with Gasteiger partial charge in [-0.1, -0.05) is 19.9 Å². The highest BCUT2D eigenvalue weighted by atomic mass is 16.5. The number of hydrogen-bond donors (Lipinski definition) is 0. The summed E-state index contributed by atoms with van der Waals surface area (Å²) in [6.07, 6.45) is 15.7. The average Bonchev–Trinajstić information content (AvgIpc) is 2.94. The summed E-state index contributed by atoms with van der Waals surface area (Å²) in [7, 11) is 1.73. The molecular formula is C25H35NO2. The molecule has 0 N–H and O–H groups in total. The Balaban J connectivity index is 1.44. The average molecular weight is 382 g/mol. The van der Waals surface area contributed by atoms with Gasteiger partial charge in [-0.15, -0.1) is 0 Å². The first-order chi connectivity index (χ1) is 13.6. The smallest absolute Gasteiger partial charge is 0.137 e. The van der Waals surface area contributed by atoms with Crippen LogP contribution in [0.15, 0.2) is 24.5 Å². The summed E-state index contributed by atoms with van der Waals surface area (Å²) < 4.78 is 11.4. The highest BCUT2D eigenvalue weighted by molar-refractivity contribution is 5.73. The second kappa shape index (κ2) is 6.86. The van der Waals surface area contributed by atoms with E-state index in [0.717, 1.165) is 42.6 Å². The molecule has 0 aromatic carbocycles. The molecular weight excluding hydrogens is 346 g/mol. The third-order valence-corrected chi connectivity index (χ3v) is 9.30. The number of fused-ring (bicyclic) bond motifs is 5. The molecule has 1 aliphatic heterocycles. The van der Waals surface area contributed by atoms with E-state index in [-0.39, 0.29) is 0 Å². The van der Waals surface area contributed by atoms with Gasteiger partial charge in [-0.2, -0.15) is 0 Å². The molecule has 5 rings (SSSR count). The van der Waals surface area contributed by atoms with Gasteiger partial charge in [0, 0.05) is 19.4 Å². The van der Waals surface area contributed by atoms with Crippen molar-refractivity contribution in [2.75, 3.05) is 20.3 Å². The van der Waals surface area contributed by atoms with Crippen LogP contribution in [0.2, 0.25) is 0 Å². The van der Waals surface area contributed by atoms with Crippen molar-refractivity contribution in [3.8, 4) is 5.75 Å². The summed E-state index contributed by atoms with van der Waals surface area (Å²) in [5.41, 5.74) is 3.57. The fraction of sp³-hybridized carbons (Fsp3) is 0.720. The van der Waals surface area contributed by atoms with Crippen molar-refractivity contribution in [3.63, 3.8) is 0 Å². The summed E-state index contributed by atoms with van der Waals surface area (Å²) in [4.78, 5) is 4.45. The first-order valence-corrected chi connectivity index (χ1v) is 11.3. The van der Waals surface area contributed by atoms with Gasteiger partial charge >= 0.3 is 0 Å². The SMILES string of the molecule is COc1cncc(C2=CC[C@H]3[C@@H]4CC[C@H]5CCOCC[C@]5(C)[C@H]4CC[C@]23C)c1. The second-order valence-electron chi connectivity index (χ2n) is 10.2. The van der Waals surface area contributed by atoms with Gasteiger partial charge in [0.25, 0.3) is 0 Å².